The van der Waals surface area contributed by atoms with E-state index < -0.39 is 16.9 Å². The molecule has 1 atom stereocenters. The summed E-state index contributed by atoms with van der Waals surface area (Å²) in [6.45, 7) is 0.577. The topological polar surface area (TPSA) is 138 Å². The first-order valence-corrected chi connectivity index (χ1v) is 11.1. The second kappa shape index (κ2) is 10.2. The average molecular weight is 479 g/mol. The van der Waals surface area contributed by atoms with Gasteiger partial charge < -0.3 is 20.1 Å². The van der Waals surface area contributed by atoms with E-state index in [0.717, 1.165) is 12.8 Å². The number of nitrogens with one attached hydrogen (secondary N) is 2. The lowest BCUT2D eigenvalue weighted by Crippen LogP contribution is -2.45. The molecule has 11 heteroatoms. The van der Waals surface area contributed by atoms with Gasteiger partial charge in [-0.3, -0.25) is 19.7 Å². The van der Waals surface area contributed by atoms with Crippen LogP contribution in [0.5, 0.6) is 11.5 Å². The first-order valence-electron chi connectivity index (χ1n) is 11.1. The van der Waals surface area contributed by atoms with Crippen LogP contribution in [0.2, 0.25) is 0 Å². The minimum Gasteiger partial charge on any atom is -0.497 e. The maximum absolute atomic E-state index is 13.3. The monoisotopic (exact) mass is 479 g/mol. The number of carbonyl (C=O) groups is 2. The SMILES string of the molecule is COc1ccc(-c2cc(C(=O)NC3CCCCNC3=O)n(-c3ccc([N+](=O)[O-])cc3)n2)c(OC)c1. The summed E-state index contributed by atoms with van der Waals surface area (Å²) in [4.78, 5) is 36.3. The molecular weight excluding hydrogens is 454 g/mol. The highest BCUT2D eigenvalue weighted by molar-refractivity contribution is 5.97. The molecule has 11 nitrogen and oxygen atoms in total. The first-order chi connectivity index (χ1) is 16.9. The van der Waals surface area contributed by atoms with E-state index in [1.165, 1.54) is 36.1 Å². The molecule has 1 aromatic heterocycles. The van der Waals surface area contributed by atoms with Crippen LogP contribution in [0, 0.1) is 10.1 Å². The molecular formula is C24H25N5O6. The summed E-state index contributed by atoms with van der Waals surface area (Å²) in [5.41, 5.74) is 1.60. The number of nitrogens with zero attached hydrogens (tertiary/aromatic N) is 3. The number of hydrogen-bond donors (Lipinski definition) is 2. The van der Waals surface area contributed by atoms with Gasteiger partial charge in [-0.2, -0.15) is 5.10 Å². The number of carbonyl (C=O) groups excluding carboxylic acids is 2. The number of amides is 2. The van der Waals surface area contributed by atoms with Gasteiger partial charge in [0.1, 0.15) is 23.2 Å². The average Bonchev–Trinajstić information content (AvgIpc) is 3.22. The van der Waals surface area contributed by atoms with Crippen molar-refractivity contribution in [3.05, 3.63) is 64.3 Å². The maximum atomic E-state index is 13.3. The molecule has 2 heterocycles. The molecule has 35 heavy (non-hydrogen) atoms. The largest absolute Gasteiger partial charge is 0.497 e. The molecule has 0 aliphatic carbocycles. The quantitative estimate of drug-likeness (QED) is 0.393. The summed E-state index contributed by atoms with van der Waals surface area (Å²) >= 11 is 0. The number of nitro groups is 1. The second-order valence-corrected chi connectivity index (χ2v) is 7.98. The van der Waals surface area contributed by atoms with Crippen molar-refractivity contribution in [2.45, 2.75) is 25.3 Å². The summed E-state index contributed by atoms with van der Waals surface area (Å²) in [5.74, 6) is 0.372. The van der Waals surface area contributed by atoms with Crippen molar-refractivity contribution in [2.24, 2.45) is 0 Å². The van der Waals surface area contributed by atoms with Gasteiger partial charge in [0.25, 0.3) is 11.6 Å². The van der Waals surface area contributed by atoms with Crippen molar-refractivity contribution in [3.8, 4) is 28.4 Å². The molecule has 0 radical (unpaired) electrons. The predicted octanol–water partition coefficient (Wildman–Crippen LogP) is 2.86. The Morgan fingerprint density at radius 3 is 2.60 bits per heavy atom. The van der Waals surface area contributed by atoms with Crippen LogP contribution in [0.3, 0.4) is 0 Å². The third-order valence-electron chi connectivity index (χ3n) is 5.77. The van der Waals surface area contributed by atoms with Crippen molar-refractivity contribution in [3.63, 3.8) is 0 Å². The Labute approximate surface area is 201 Å². The molecule has 4 rings (SSSR count). The number of non-ortho nitro benzene ring substituents is 1. The molecule has 2 N–H and O–H groups in total. The van der Waals surface area contributed by atoms with Gasteiger partial charge in [0.15, 0.2) is 0 Å². The third-order valence-corrected chi connectivity index (χ3v) is 5.77. The van der Waals surface area contributed by atoms with E-state index in [1.54, 1.807) is 31.4 Å². The molecule has 1 unspecified atom stereocenters. The van der Waals surface area contributed by atoms with Crippen LogP contribution in [-0.4, -0.2) is 53.3 Å². The molecule has 2 aromatic carbocycles. The summed E-state index contributed by atoms with van der Waals surface area (Å²) in [7, 11) is 3.06. The number of benzene rings is 2. The maximum Gasteiger partial charge on any atom is 0.270 e. The van der Waals surface area contributed by atoms with Gasteiger partial charge in [-0.25, -0.2) is 4.68 Å². The lowest BCUT2D eigenvalue weighted by Gasteiger charge is -2.15. The molecule has 0 saturated carbocycles. The lowest BCUT2D eigenvalue weighted by molar-refractivity contribution is -0.384. The van der Waals surface area contributed by atoms with Gasteiger partial charge in [0.05, 0.1) is 30.5 Å². The Balaban J connectivity index is 1.76. The van der Waals surface area contributed by atoms with Crippen LogP contribution < -0.4 is 20.1 Å². The number of ether oxygens (including phenoxy) is 2. The highest BCUT2D eigenvalue weighted by Gasteiger charge is 2.26. The third kappa shape index (κ3) is 5.08. The van der Waals surface area contributed by atoms with Gasteiger partial charge >= 0.3 is 0 Å². The second-order valence-electron chi connectivity index (χ2n) is 7.98. The number of nitro benzene ring substituents is 1. The Bertz CT molecular complexity index is 1250. The van der Waals surface area contributed by atoms with Crippen molar-refractivity contribution < 1.29 is 24.0 Å². The van der Waals surface area contributed by atoms with Crippen LogP contribution in [0.4, 0.5) is 5.69 Å². The van der Waals surface area contributed by atoms with E-state index in [0.29, 0.717) is 41.4 Å². The number of methoxy groups -OCH3 is 2. The minimum atomic E-state index is -0.663. The fourth-order valence-corrected chi connectivity index (χ4v) is 3.91. The van der Waals surface area contributed by atoms with Crippen LogP contribution in [-0.2, 0) is 4.79 Å². The zero-order chi connectivity index (χ0) is 24.9. The first kappa shape index (κ1) is 23.7. The van der Waals surface area contributed by atoms with E-state index in [-0.39, 0.29) is 17.3 Å². The number of hydrogen-bond acceptors (Lipinski definition) is 7. The van der Waals surface area contributed by atoms with Gasteiger partial charge in [-0.15, -0.1) is 0 Å². The fraction of sp³-hybridized carbons (Fsp3) is 0.292. The zero-order valence-electron chi connectivity index (χ0n) is 19.3. The molecule has 1 aliphatic rings. The smallest absolute Gasteiger partial charge is 0.270 e. The van der Waals surface area contributed by atoms with Crippen molar-refractivity contribution in [1.29, 1.82) is 0 Å². The van der Waals surface area contributed by atoms with Crippen LogP contribution in [0.25, 0.3) is 16.9 Å². The highest BCUT2D eigenvalue weighted by Crippen LogP contribution is 2.33. The van der Waals surface area contributed by atoms with Gasteiger partial charge in [-0.1, -0.05) is 0 Å². The highest BCUT2D eigenvalue weighted by atomic mass is 16.6. The Hall–Kier alpha value is -4.41. The van der Waals surface area contributed by atoms with E-state index in [9.17, 15) is 19.7 Å². The van der Waals surface area contributed by atoms with Crippen molar-refractivity contribution >= 4 is 17.5 Å². The molecule has 1 aliphatic heterocycles. The van der Waals surface area contributed by atoms with E-state index in [4.69, 9.17) is 9.47 Å². The van der Waals surface area contributed by atoms with Crippen molar-refractivity contribution in [2.75, 3.05) is 20.8 Å². The predicted molar refractivity (Wildman–Crippen MR) is 127 cm³/mol. The van der Waals surface area contributed by atoms with E-state index in [2.05, 4.69) is 15.7 Å². The summed E-state index contributed by atoms with van der Waals surface area (Å²) in [6, 6.07) is 11.8. The van der Waals surface area contributed by atoms with E-state index in [1.807, 2.05) is 0 Å². The summed E-state index contributed by atoms with van der Waals surface area (Å²) in [5, 5.41) is 21.3. The number of aromatic nitrogens is 2. The molecule has 1 saturated heterocycles. The molecule has 1 fully saturated rings. The Morgan fingerprint density at radius 1 is 1.14 bits per heavy atom. The zero-order valence-corrected chi connectivity index (χ0v) is 19.3. The molecule has 182 valence electrons. The van der Waals surface area contributed by atoms with Crippen molar-refractivity contribution in [1.82, 2.24) is 20.4 Å². The standard InChI is InChI=1S/C24H25N5O6/c1-34-17-10-11-18(22(13-17)35-2)20-14-21(24(31)26-19-5-3-4-12-25-23(19)30)28(27-20)15-6-8-16(9-7-15)29(32)33/h6-11,13-14,19H,3-5,12H2,1-2H3,(H,25,30)(H,26,31). The molecule has 3 aromatic rings. The van der Waals surface area contributed by atoms with Gasteiger partial charge in [-0.05, 0) is 49.6 Å². The Kier molecular flexibility index (Phi) is 6.95. The lowest BCUT2D eigenvalue weighted by atomic mass is 10.1. The summed E-state index contributed by atoms with van der Waals surface area (Å²) < 4.78 is 12.1. The van der Waals surface area contributed by atoms with Crippen LogP contribution >= 0.6 is 0 Å². The normalized spacial score (nSPS) is 15.6. The Morgan fingerprint density at radius 2 is 1.91 bits per heavy atom. The molecule has 2 amide bonds. The van der Waals surface area contributed by atoms with Gasteiger partial charge in [0.2, 0.25) is 5.91 Å². The molecule has 0 spiro atoms. The number of rotatable bonds is 7. The minimum absolute atomic E-state index is 0.0842. The van der Waals surface area contributed by atoms with Crippen LogP contribution in [0.1, 0.15) is 29.8 Å². The van der Waals surface area contributed by atoms with E-state index >= 15 is 0 Å². The van der Waals surface area contributed by atoms with Gasteiger partial charge in [0, 0.05) is 30.3 Å². The van der Waals surface area contributed by atoms with Crippen LogP contribution in [0.15, 0.2) is 48.5 Å². The fourth-order valence-electron chi connectivity index (χ4n) is 3.91. The molecule has 0 bridgehead atoms. The summed E-state index contributed by atoms with van der Waals surface area (Å²) in [6.07, 6.45) is 2.18.